The first kappa shape index (κ1) is 16.2. The summed E-state index contributed by atoms with van der Waals surface area (Å²) in [5, 5.41) is 0. The van der Waals surface area contributed by atoms with Gasteiger partial charge < -0.3 is 9.64 Å². The maximum Gasteiger partial charge on any atom is 0.119 e. The topological polar surface area (TPSA) is 15.7 Å². The van der Waals surface area contributed by atoms with Crippen LogP contribution >= 0.6 is 11.8 Å². The summed E-state index contributed by atoms with van der Waals surface area (Å²) >= 11 is 1.80. The van der Waals surface area contributed by atoms with Crippen LogP contribution in [0, 0.1) is 0 Å². The Morgan fingerprint density at radius 2 is 1.74 bits per heavy atom. The van der Waals surface area contributed by atoms with Crippen molar-refractivity contribution in [1.29, 1.82) is 0 Å². The van der Waals surface area contributed by atoms with E-state index < -0.39 is 0 Å². The second-order valence-electron chi connectivity index (χ2n) is 5.69. The molecule has 3 nitrogen and oxygen atoms in total. The normalized spacial score (nSPS) is 15.6. The van der Waals surface area contributed by atoms with Gasteiger partial charge >= 0.3 is 0 Å². The van der Waals surface area contributed by atoms with Crippen molar-refractivity contribution in [1.82, 2.24) is 4.90 Å². The molecule has 0 unspecified atom stereocenters. The lowest BCUT2D eigenvalue weighted by Crippen LogP contribution is -2.47. The Kier molecular flexibility index (Phi) is 5.83. The van der Waals surface area contributed by atoms with Gasteiger partial charge in [-0.3, -0.25) is 4.90 Å². The predicted molar refractivity (Wildman–Crippen MR) is 98.8 cm³/mol. The molecular weight excluding hydrogens is 304 g/mol. The highest BCUT2D eigenvalue weighted by Crippen LogP contribution is 2.23. The smallest absolute Gasteiger partial charge is 0.119 e. The van der Waals surface area contributed by atoms with Gasteiger partial charge in [-0.05, 0) is 36.6 Å². The molecule has 0 saturated carbocycles. The molecule has 0 amide bonds. The van der Waals surface area contributed by atoms with Crippen LogP contribution in [-0.2, 0) is 0 Å². The van der Waals surface area contributed by atoms with Gasteiger partial charge in [-0.25, -0.2) is 0 Å². The molecule has 1 heterocycles. The number of benzene rings is 2. The van der Waals surface area contributed by atoms with Gasteiger partial charge in [0.2, 0.25) is 0 Å². The maximum absolute atomic E-state index is 5.79. The summed E-state index contributed by atoms with van der Waals surface area (Å²) in [6.45, 7) is 6.12. The van der Waals surface area contributed by atoms with Crippen molar-refractivity contribution in [2.45, 2.75) is 4.90 Å². The third-order valence-corrected chi connectivity index (χ3v) is 4.94. The van der Waals surface area contributed by atoms with E-state index in [0.717, 1.165) is 45.1 Å². The van der Waals surface area contributed by atoms with E-state index in [1.54, 1.807) is 11.8 Å². The van der Waals surface area contributed by atoms with Gasteiger partial charge in [0.15, 0.2) is 0 Å². The Bertz CT molecular complexity index is 597. The van der Waals surface area contributed by atoms with Gasteiger partial charge in [0.1, 0.15) is 12.4 Å². The second-order valence-corrected chi connectivity index (χ2v) is 6.57. The van der Waals surface area contributed by atoms with Crippen LogP contribution in [0.5, 0.6) is 5.75 Å². The number of hydrogen-bond acceptors (Lipinski definition) is 4. The molecule has 1 fully saturated rings. The minimum Gasteiger partial charge on any atom is -0.492 e. The van der Waals surface area contributed by atoms with Crippen molar-refractivity contribution in [3.05, 3.63) is 54.6 Å². The zero-order chi connectivity index (χ0) is 15.9. The molecule has 122 valence electrons. The molecule has 23 heavy (non-hydrogen) atoms. The molecule has 0 N–H and O–H groups in total. The van der Waals surface area contributed by atoms with Crippen LogP contribution in [0.2, 0.25) is 0 Å². The highest BCUT2D eigenvalue weighted by Gasteiger charge is 2.17. The minimum atomic E-state index is 0.756. The molecule has 0 bridgehead atoms. The molecule has 0 atom stereocenters. The third-order valence-electron chi connectivity index (χ3n) is 4.21. The SMILES string of the molecule is CSc1cccc(N2CCN(CCOc3ccccc3)CC2)c1. The molecule has 0 spiro atoms. The molecule has 2 aromatic rings. The molecule has 0 aromatic heterocycles. The van der Waals surface area contributed by atoms with Crippen LogP contribution < -0.4 is 9.64 Å². The maximum atomic E-state index is 5.79. The summed E-state index contributed by atoms with van der Waals surface area (Å²) in [7, 11) is 0. The molecule has 1 aliphatic heterocycles. The van der Waals surface area contributed by atoms with Crippen LogP contribution in [0.25, 0.3) is 0 Å². The standard InChI is InChI=1S/C19H24N2OS/c1-23-19-9-5-6-17(16-19)21-12-10-20(11-13-21)14-15-22-18-7-3-2-4-8-18/h2-9,16H,10-15H2,1H3. The summed E-state index contributed by atoms with van der Waals surface area (Å²) in [6.07, 6.45) is 2.13. The summed E-state index contributed by atoms with van der Waals surface area (Å²) in [5.41, 5.74) is 1.34. The largest absolute Gasteiger partial charge is 0.492 e. The Labute approximate surface area is 143 Å². The first-order valence-electron chi connectivity index (χ1n) is 8.14. The Morgan fingerprint density at radius 3 is 2.48 bits per heavy atom. The number of rotatable bonds is 6. The fourth-order valence-electron chi connectivity index (χ4n) is 2.85. The predicted octanol–water partition coefficient (Wildman–Crippen LogP) is 3.61. The van der Waals surface area contributed by atoms with E-state index in [0.29, 0.717) is 0 Å². The van der Waals surface area contributed by atoms with Crippen molar-refractivity contribution >= 4 is 17.4 Å². The molecule has 1 aliphatic rings. The average Bonchev–Trinajstić information content (AvgIpc) is 2.63. The van der Waals surface area contributed by atoms with E-state index in [1.165, 1.54) is 10.6 Å². The number of anilines is 1. The zero-order valence-electron chi connectivity index (χ0n) is 13.6. The average molecular weight is 328 g/mol. The monoisotopic (exact) mass is 328 g/mol. The lowest BCUT2D eigenvalue weighted by atomic mass is 10.2. The van der Waals surface area contributed by atoms with Crippen LogP contribution in [0.4, 0.5) is 5.69 Å². The molecule has 4 heteroatoms. The van der Waals surface area contributed by atoms with Crippen molar-refractivity contribution in [2.24, 2.45) is 0 Å². The fourth-order valence-corrected chi connectivity index (χ4v) is 3.30. The number of para-hydroxylation sites is 1. The van der Waals surface area contributed by atoms with E-state index in [-0.39, 0.29) is 0 Å². The molecule has 0 radical (unpaired) electrons. The molecule has 2 aromatic carbocycles. The summed E-state index contributed by atoms with van der Waals surface area (Å²) < 4.78 is 5.79. The molecule has 3 rings (SSSR count). The van der Waals surface area contributed by atoms with E-state index in [1.807, 2.05) is 30.3 Å². The van der Waals surface area contributed by atoms with Crippen LogP contribution in [0.1, 0.15) is 0 Å². The number of hydrogen-bond donors (Lipinski definition) is 0. The van der Waals surface area contributed by atoms with Crippen molar-refractivity contribution in [3.8, 4) is 5.75 Å². The summed E-state index contributed by atoms with van der Waals surface area (Å²) in [4.78, 5) is 6.30. The second kappa shape index (κ2) is 8.27. The number of piperazine rings is 1. The van der Waals surface area contributed by atoms with Gasteiger partial charge in [0, 0.05) is 43.3 Å². The molecule has 0 aliphatic carbocycles. The first-order valence-corrected chi connectivity index (χ1v) is 9.37. The van der Waals surface area contributed by atoms with Crippen molar-refractivity contribution < 1.29 is 4.74 Å². The quantitative estimate of drug-likeness (QED) is 0.753. The minimum absolute atomic E-state index is 0.756. The zero-order valence-corrected chi connectivity index (χ0v) is 14.5. The summed E-state index contributed by atoms with van der Waals surface area (Å²) in [6, 6.07) is 18.9. The lowest BCUT2D eigenvalue weighted by Gasteiger charge is -2.36. The lowest BCUT2D eigenvalue weighted by molar-refractivity contribution is 0.200. The highest BCUT2D eigenvalue weighted by molar-refractivity contribution is 7.98. The van der Waals surface area contributed by atoms with Gasteiger partial charge in [-0.1, -0.05) is 24.3 Å². The third kappa shape index (κ3) is 4.66. The molecular formula is C19H24N2OS. The Hall–Kier alpha value is -1.65. The van der Waals surface area contributed by atoms with Crippen LogP contribution in [0.3, 0.4) is 0 Å². The van der Waals surface area contributed by atoms with Crippen LogP contribution in [0.15, 0.2) is 59.5 Å². The summed E-state index contributed by atoms with van der Waals surface area (Å²) in [5.74, 6) is 0.958. The van der Waals surface area contributed by atoms with Gasteiger partial charge in [0.25, 0.3) is 0 Å². The van der Waals surface area contributed by atoms with Crippen molar-refractivity contribution in [3.63, 3.8) is 0 Å². The Morgan fingerprint density at radius 1 is 0.957 bits per heavy atom. The van der Waals surface area contributed by atoms with Gasteiger partial charge in [0.05, 0.1) is 0 Å². The van der Waals surface area contributed by atoms with E-state index >= 15 is 0 Å². The van der Waals surface area contributed by atoms with E-state index in [4.69, 9.17) is 4.74 Å². The van der Waals surface area contributed by atoms with Crippen molar-refractivity contribution in [2.75, 3.05) is 50.5 Å². The highest BCUT2D eigenvalue weighted by atomic mass is 32.2. The van der Waals surface area contributed by atoms with E-state index in [2.05, 4.69) is 40.3 Å². The van der Waals surface area contributed by atoms with E-state index in [9.17, 15) is 0 Å². The van der Waals surface area contributed by atoms with Gasteiger partial charge in [-0.2, -0.15) is 0 Å². The number of ether oxygens (including phenoxy) is 1. The Balaban J connectivity index is 1.43. The molecule has 1 saturated heterocycles. The van der Waals surface area contributed by atoms with Crippen LogP contribution in [-0.4, -0.2) is 50.5 Å². The number of nitrogens with zero attached hydrogens (tertiary/aromatic N) is 2. The van der Waals surface area contributed by atoms with Gasteiger partial charge in [-0.15, -0.1) is 11.8 Å². The number of thioether (sulfide) groups is 1. The first-order chi connectivity index (χ1) is 11.3. The fraction of sp³-hybridized carbons (Fsp3) is 0.368.